The third kappa shape index (κ3) is 1.24. The molecule has 0 aliphatic carbocycles. The van der Waals surface area contributed by atoms with Crippen LogP contribution < -0.4 is 0 Å². The summed E-state index contributed by atoms with van der Waals surface area (Å²) in [5.74, 6) is -0.287. The quantitative estimate of drug-likeness (QED) is 0.295. The van der Waals surface area contributed by atoms with Gasteiger partial charge in [-0.15, -0.1) is 0 Å². The second kappa shape index (κ2) is 2.99. The van der Waals surface area contributed by atoms with E-state index in [9.17, 15) is 10.1 Å². The van der Waals surface area contributed by atoms with E-state index in [0.717, 1.165) is 6.21 Å². The smallest absolute Gasteiger partial charge is 0.411 e. The summed E-state index contributed by atoms with van der Waals surface area (Å²) in [6, 6.07) is 0. The van der Waals surface area contributed by atoms with Crippen molar-refractivity contribution >= 4 is 12.2 Å². The molecule has 7 nitrogen and oxygen atoms in total. The molecule has 1 heterocycles. The van der Waals surface area contributed by atoms with E-state index in [1.54, 1.807) is 0 Å². The molecule has 12 heavy (non-hydrogen) atoms. The van der Waals surface area contributed by atoms with Crippen LogP contribution in [0.2, 0.25) is 0 Å². The first-order valence-corrected chi connectivity index (χ1v) is 3.00. The Bertz CT molecular complexity index is 329. The van der Waals surface area contributed by atoms with E-state index >= 15 is 0 Å². The van der Waals surface area contributed by atoms with Crippen molar-refractivity contribution in [2.75, 3.05) is 0 Å². The molecule has 7 heteroatoms. The van der Waals surface area contributed by atoms with Crippen molar-refractivity contribution in [2.24, 2.45) is 12.2 Å². The van der Waals surface area contributed by atoms with E-state index in [2.05, 4.69) is 10.1 Å². The molecular weight excluding hydrogens is 164 g/mol. The lowest BCUT2D eigenvalue weighted by molar-refractivity contribution is -0.396. The van der Waals surface area contributed by atoms with Crippen LogP contribution in [0.4, 0.5) is 5.95 Å². The average Bonchev–Trinajstić information content (AvgIpc) is 2.34. The highest BCUT2D eigenvalue weighted by Crippen LogP contribution is 2.08. The van der Waals surface area contributed by atoms with Gasteiger partial charge in [-0.3, -0.25) is 0 Å². The number of rotatable bonds is 2. The number of imidazole rings is 1. The Morgan fingerprint density at radius 2 is 2.58 bits per heavy atom. The fourth-order valence-corrected chi connectivity index (χ4v) is 0.761. The first-order valence-electron chi connectivity index (χ1n) is 3.00. The monoisotopic (exact) mass is 170 g/mol. The molecule has 1 aromatic rings. The molecule has 0 saturated heterocycles. The van der Waals surface area contributed by atoms with E-state index < -0.39 is 4.92 Å². The van der Waals surface area contributed by atoms with Gasteiger partial charge in [0.15, 0.2) is 5.69 Å². The highest BCUT2D eigenvalue weighted by atomic mass is 16.6. The van der Waals surface area contributed by atoms with Crippen LogP contribution in [0.5, 0.6) is 0 Å². The van der Waals surface area contributed by atoms with E-state index in [1.807, 2.05) is 0 Å². The van der Waals surface area contributed by atoms with Crippen molar-refractivity contribution in [1.82, 2.24) is 9.55 Å². The number of nitro groups is 1. The van der Waals surface area contributed by atoms with Gasteiger partial charge in [0.05, 0.1) is 7.05 Å². The van der Waals surface area contributed by atoms with Crippen LogP contribution in [0, 0.1) is 10.1 Å². The number of nitrogens with zero attached hydrogens (tertiary/aromatic N) is 4. The summed E-state index contributed by atoms with van der Waals surface area (Å²) in [6.45, 7) is 0. The number of aromatic nitrogens is 2. The Hall–Kier alpha value is -1.92. The van der Waals surface area contributed by atoms with Gasteiger partial charge in [-0.2, -0.15) is 0 Å². The molecule has 0 unspecified atom stereocenters. The van der Waals surface area contributed by atoms with Gasteiger partial charge in [0.1, 0.15) is 12.4 Å². The second-order valence-electron chi connectivity index (χ2n) is 2.04. The minimum Gasteiger partial charge on any atom is -0.411 e. The van der Waals surface area contributed by atoms with Crippen LogP contribution in [0.3, 0.4) is 0 Å². The van der Waals surface area contributed by atoms with Crippen molar-refractivity contribution in [3.63, 3.8) is 0 Å². The Kier molecular flexibility index (Phi) is 2.04. The molecule has 1 rings (SSSR count). The van der Waals surface area contributed by atoms with Gasteiger partial charge in [0.25, 0.3) is 0 Å². The molecule has 1 aromatic heterocycles. The molecule has 0 fully saturated rings. The lowest BCUT2D eigenvalue weighted by Gasteiger charge is -1.93. The largest absolute Gasteiger partial charge is 0.434 e. The van der Waals surface area contributed by atoms with Crippen molar-refractivity contribution in [3.05, 3.63) is 22.0 Å². The zero-order chi connectivity index (χ0) is 9.14. The highest BCUT2D eigenvalue weighted by Gasteiger charge is 2.15. The Morgan fingerprint density at radius 3 is 3.00 bits per heavy atom. The molecule has 0 aliphatic heterocycles. The highest BCUT2D eigenvalue weighted by molar-refractivity contribution is 5.76. The predicted molar refractivity (Wildman–Crippen MR) is 39.2 cm³/mol. The second-order valence-corrected chi connectivity index (χ2v) is 2.04. The fourth-order valence-electron chi connectivity index (χ4n) is 0.761. The molecule has 0 radical (unpaired) electrons. The number of oxime groups is 1. The molecule has 0 aliphatic rings. The van der Waals surface area contributed by atoms with Gasteiger partial charge < -0.3 is 15.3 Å². The van der Waals surface area contributed by atoms with Gasteiger partial charge in [-0.05, 0) is 4.92 Å². The summed E-state index contributed by atoms with van der Waals surface area (Å²) >= 11 is 0. The molecule has 0 saturated carbocycles. The zero-order valence-electron chi connectivity index (χ0n) is 6.21. The Balaban J connectivity index is 3.12. The summed E-state index contributed by atoms with van der Waals surface area (Å²) < 4.78 is 1.21. The predicted octanol–water partition coefficient (Wildman–Crippen LogP) is 0.136. The summed E-state index contributed by atoms with van der Waals surface area (Å²) in [7, 11) is 1.46. The van der Waals surface area contributed by atoms with Gasteiger partial charge in [-0.1, -0.05) is 10.1 Å². The molecule has 0 atom stereocenters. The third-order valence-corrected chi connectivity index (χ3v) is 1.35. The van der Waals surface area contributed by atoms with E-state index in [4.69, 9.17) is 5.21 Å². The first kappa shape index (κ1) is 8.18. The van der Waals surface area contributed by atoms with Crippen LogP contribution in [0.1, 0.15) is 5.69 Å². The maximum Gasteiger partial charge on any atom is 0.434 e. The minimum absolute atomic E-state index is 0.287. The van der Waals surface area contributed by atoms with Crippen LogP contribution >= 0.6 is 0 Å². The van der Waals surface area contributed by atoms with Crippen molar-refractivity contribution in [1.29, 1.82) is 0 Å². The number of hydrogen-bond acceptors (Lipinski definition) is 5. The minimum atomic E-state index is -0.616. The number of hydrogen-bond donors (Lipinski definition) is 1. The first-order chi connectivity index (χ1) is 5.66. The average molecular weight is 170 g/mol. The Labute approximate surface area is 67.1 Å². The molecular formula is C5H6N4O3. The fraction of sp³-hybridized carbons (Fsp3) is 0.200. The Morgan fingerprint density at radius 1 is 1.92 bits per heavy atom. The van der Waals surface area contributed by atoms with Gasteiger partial charge >= 0.3 is 5.95 Å². The van der Waals surface area contributed by atoms with Crippen molar-refractivity contribution in [2.45, 2.75) is 0 Å². The van der Waals surface area contributed by atoms with E-state index in [1.165, 1.54) is 17.8 Å². The van der Waals surface area contributed by atoms with Gasteiger partial charge in [0.2, 0.25) is 0 Å². The zero-order valence-corrected chi connectivity index (χ0v) is 6.21. The summed E-state index contributed by atoms with van der Waals surface area (Å²) in [6.07, 6.45) is 2.32. The molecule has 0 spiro atoms. The third-order valence-electron chi connectivity index (χ3n) is 1.35. The van der Waals surface area contributed by atoms with Crippen LogP contribution in [-0.4, -0.2) is 25.9 Å². The molecule has 0 amide bonds. The molecule has 0 bridgehead atoms. The standard InChI is InChI=1S/C5H6N4O3/c1-8-4(3-7-10)2-6-5(8)9(11)12/h2-3,10H,1H3/b7-3+. The summed E-state index contributed by atoms with van der Waals surface area (Å²) in [4.78, 5) is 13.1. The SMILES string of the molecule is Cn1c(/C=N/O)cnc1[N+](=O)[O-]. The summed E-state index contributed by atoms with van der Waals surface area (Å²) in [5.41, 5.74) is 0.365. The lowest BCUT2D eigenvalue weighted by atomic mass is 10.5. The molecule has 64 valence electrons. The van der Waals surface area contributed by atoms with Crippen molar-refractivity contribution in [3.8, 4) is 0 Å². The van der Waals surface area contributed by atoms with Crippen LogP contribution in [-0.2, 0) is 7.05 Å². The van der Waals surface area contributed by atoms with Gasteiger partial charge in [-0.25, -0.2) is 4.57 Å². The van der Waals surface area contributed by atoms with Gasteiger partial charge in [0, 0.05) is 0 Å². The lowest BCUT2D eigenvalue weighted by Crippen LogP contribution is -2.01. The van der Waals surface area contributed by atoms with Crippen LogP contribution in [0.25, 0.3) is 0 Å². The maximum absolute atomic E-state index is 10.3. The molecule has 1 N–H and O–H groups in total. The summed E-state index contributed by atoms with van der Waals surface area (Å²) in [5, 5.41) is 21.1. The van der Waals surface area contributed by atoms with E-state index in [0.29, 0.717) is 5.69 Å². The van der Waals surface area contributed by atoms with Crippen LogP contribution in [0.15, 0.2) is 11.4 Å². The van der Waals surface area contributed by atoms with Crippen molar-refractivity contribution < 1.29 is 10.1 Å². The molecule has 0 aromatic carbocycles. The van der Waals surface area contributed by atoms with E-state index in [-0.39, 0.29) is 5.95 Å². The normalized spacial score (nSPS) is 10.8. The topological polar surface area (TPSA) is 93.5 Å². The maximum atomic E-state index is 10.3.